The molecule has 0 heterocycles. The minimum Gasteiger partial charge on any atom is -0.351 e. The second kappa shape index (κ2) is 5.17. The molecule has 0 aliphatic heterocycles. The second-order valence-electron chi connectivity index (χ2n) is 5.51. The Morgan fingerprint density at radius 3 is 3.11 bits per heavy atom. The Labute approximate surface area is 118 Å². The Morgan fingerprint density at radius 1 is 1.53 bits per heavy atom. The van der Waals surface area contributed by atoms with Crippen molar-refractivity contribution in [2.45, 2.75) is 30.8 Å². The van der Waals surface area contributed by atoms with Crippen LogP contribution >= 0.6 is 11.8 Å². The standard InChI is InChI=1S/C15H20N2OS/c1-19-7-6-12(16)15(18)17-14-11-8-9-4-2-3-5-10(9)13(11)14/h2-5,11-14H,6-8,16H2,1H3,(H,17,18)/t11?,12-,13?,14?/m0/s1. The van der Waals surface area contributed by atoms with Crippen LogP contribution in [-0.2, 0) is 11.2 Å². The number of hydrogen-bond acceptors (Lipinski definition) is 3. The van der Waals surface area contributed by atoms with Crippen LogP contribution in [0.4, 0.5) is 0 Å². The molecule has 4 heteroatoms. The van der Waals surface area contributed by atoms with E-state index < -0.39 is 0 Å². The van der Waals surface area contributed by atoms with E-state index in [9.17, 15) is 4.79 Å². The molecule has 1 saturated carbocycles. The molecule has 3 nitrogen and oxygen atoms in total. The zero-order chi connectivity index (χ0) is 13.4. The van der Waals surface area contributed by atoms with E-state index in [1.54, 1.807) is 11.8 Å². The highest BCUT2D eigenvalue weighted by Crippen LogP contribution is 2.56. The van der Waals surface area contributed by atoms with Crippen molar-refractivity contribution in [3.05, 3.63) is 35.4 Å². The van der Waals surface area contributed by atoms with Crippen LogP contribution in [0.25, 0.3) is 0 Å². The number of thioether (sulfide) groups is 1. The van der Waals surface area contributed by atoms with E-state index in [2.05, 4.69) is 29.6 Å². The van der Waals surface area contributed by atoms with Crippen LogP contribution in [0.5, 0.6) is 0 Å². The molecule has 19 heavy (non-hydrogen) atoms. The molecule has 2 aliphatic rings. The summed E-state index contributed by atoms with van der Waals surface area (Å²) in [6.07, 6.45) is 3.89. The number of carbonyl (C=O) groups is 1. The lowest BCUT2D eigenvalue weighted by Crippen LogP contribution is -2.43. The highest BCUT2D eigenvalue weighted by molar-refractivity contribution is 7.98. The Morgan fingerprint density at radius 2 is 2.32 bits per heavy atom. The Balaban J connectivity index is 1.56. The van der Waals surface area contributed by atoms with Gasteiger partial charge in [-0.05, 0) is 41.9 Å². The van der Waals surface area contributed by atoms with Gasteiger partial charge in [0.15, 0.2) is 0 Å². The number of fused-ring (bicyclic) bond motifs is 3. The average Bonchev–Trinajstić information content (AvgIpc) is 2.94. The minimum atomic E-state index is -0.357. The highest BCUT2D eigenvalue weighted by Gasteiger charge is 2.56. The summed E-state index contributed by atoms with van der Waals surface area (Å²) in [4.78, 5) is 12.0. The molecule has 0 saturated heterocycles. The van der Waals surface area contributed by atoms with Crippen molar-refractivity contribution in [3.63, 3.8) is 0 Å². The molecule has 1 amide bonds. The quantitative estimate of drug-likeness (QED) is 0.857. The van der Waals surface area contributed by atoms with Gasteiger partial charge in [0, 0.05) is 12.0 Å². The lowest BCUT2D eigenvalue weighted by atomic mass is 10.0. The molecule has 102 valence electrons. The molecule has 3 rings (SSSR count). The van der Waals surface area contributed by atoms with Crippen LogP contribution in [0.15, 0.2) is 24.3 Å². The van der Waals surface area contributed by atoms with Gasteiger partial charge in [0.25, 0.3) is 0 Å². The van der Waals surface area contributed by atoms with Crippen molar-refractivity contribution in [1.29, 1.82) is 0 Å². The summed E-state index contributed by atoms with van der Waals surface area (Å²) in [5.41, 5.74) is 8.78. The van der Waals surface area contributed by atoms with Crippen molar-refractivity contribution in [3.8, 4) is 0 Å². The Kier molecular flexibility index (Phi) is 3.54. The maximum Gasteiger partial charge on any atom is 0.237 e. The molecule has 0 bridgehead atoms. The van der Waals surface area contributed by atoms with Crippen molar-refractivity contribution in [1.82, 2.24) is 5.32 Å². The van der Waals surface area contributed by atoms with Gasteiger partial charge >= 0.3 is 0 Å². The normalized spacial score (nSPS) is 28.4. The number of rotatable bonds is 5. The fourth-order valence-corrected chi connectivity index (χ4v) is 3.68. The van der Waals surface area contributed by atoms with Gasteiger partial charge in [0.2, 0.25) is 5.91 Å². The summed E-state index contributed by atoms with van der Waals surface area (Å²) < 4.78 is 0. The van der Waals surface area contributed by atoms with Gasteiger partial charge in [-0.2, -0.15) is 11.8 Å². The number of benzene rings is 1. The molecule has 3 unspecified atom stereocenters. The first-order chi connectivity index (χ1) is 9.22. The van der Waals surface area contributed by atoms with Crippen LogP contribution < -0.4 is 11.1 Å². The molecule has 0 spiro atoms. The van der Waals surface area contributed by atoms with Crippen LogP contribution in [0, 0.1) is 5.92 Å². The molecule has 2 aliphatic carbocycles. The molecule has 1 fully saturated rings. The molecule has 4 atom stereocenters. The van der Waals surface area contributed by atoms with E-state index in [1.165, 1.54) is 11.1 Å². The summed E-state index contributed by atoms with van der Waals surface area (Å²) in [6.45, 7) is 0. The zero-order valence-corrected chi connectivity index (χ0v) is 12.0. The van der Waals surface area contributed by atoms with E-state index in [1.807, 2.05) is 6.26 Å². The fraction of sp³-hybridized carbons (Fsp3) is 0.533. The Bertz CT molecular complexity index is 491. The number of hydrogen-bond donors (Lipinski definition) is 2. The van der Waals surface area contributed by atoms with Crippen molar-refractivity contribution < 1.29 is 4.79 Å². The molecule has 1 aromatic carbocycles. The van der Waals surface area contributed by atoms with Crippen LogP contribution in [-0.4, -0.2) is 30.0 Å². The third kappa shape index (κ3) is 2.39. The SMILES string of the molecule is CSCC[C@H](N)C(=O)NC1C2Cc3ccccc3C21. The summed E-state index contributed by atoms with van der Waals surface area (Å²) in [7, 11) is 0. The smallest absolute Gasteiger partial charge is 0.237 e. The molecular formula is C15H20N2OS. The molecule has 0 radical (unpaired) electrons. The topological polar surface area (TPSA) is 55.1 Å². The van der Waals surface area contributed by atoms with E-state index in [4.69, 9.17) is 5.73 Å². The van der Waals surface area contributed by atoms with Crippen molar-refractivity contribution in [2.75, 3.05) is 12.0 Å². The summed E-state index contributed by atoms with van der Waals surface area (Å²) >= 11 is 1.73. The number of carbonyl (C=O) groups excluding carboxylic acids is 1. The van der Waals surface area contributed by atoms with Crippen molar-refractivity contribution in [2.24, 2.45) is 11.7 Å². The zero-order valence-electron chi connectivity index (χ0n) is 11.1. The van der Waals surface area contributed by atoms with Crippen molar-refractivity contribution >= 4 is 17.7 Å². The van der Waals surface area contributed by atoms with E-state index in [0.29, 0.717) is 17.9 Å². The molecule has 1 aromatic rings. The molecule has 3 N–H and O–H groups in total. The predicted octanol–water partition coefficient (Wildman–Crippen LogP) is 1.52. The van der Waals surface area contributed by atoms with Gasteiger partial charge in [0.1, 0.15) is 0 Å². The predicted molar refractivity (Wildman–Crippen MR) is 79.3 cm³/mol. The Hall–Kier alpha value is -1.00. The van der Waals surface area contributed by atoms with Crippen LogP contribution in [0.3, 0.4) is 0 Å². The first kappa shape index (κ1) is 13.0. The van der Waals surface area contributed by atoms with E-state index in [-0.39, 0.29) is 11.9 Å². The van der Waals surface area contributed by atoms with E-state index >= 15 is 0 Å². The van der Waals surface area contributed by atoms with Gasteiger partial charge < -0.3 is 11.1 Å². The van der Waals surface area contributed by atoms with Gasteiger partial charge in [-0.3, -0.25) is 4.79 Å². The maximum atomic E-state index is 12.0. The number of nitrogens with two attached hydrogens (primary N) is 1. The largest absolute Gasteiger partial charge is 0.351 e. The average molecular weight is 276 g/mol. The third-order valence-corrected chi connectivity index (χ3v) is 4.96. The lowest BCUT2D eigenvalue weighted by Gasteiger charge is -2.13. The summed E-state index contributed by atoms with van der Waals surface area (Å²) in [6, 6.07) is 8.54. The first-order valence-electron chi connectivity index (χ1n) is 6.85. The van der Waals surface area contributed by atoms with Gasteiger partial charge in [-0.1, -0.05) is 24.3 Å². The highest BCUT2D eigenvalue weighted by atomic mass is 32.2. The lowest BCUT2D eigenvalue weighted by molar-refractivity contribution is -0.122. The monoisotopic (exact) mass is 276 g/mol. The van der Waals surface area contributed by atoms with Gasteiger partial charge in [-0.15, -0.1) is 0 Å². The molecular weight excluding hydrogens is 256 g/mol. The minimum absolute atomic E-state index is 0.0194. The van der Waals surface area contributed by atoms with Crippen LogP contribution in [0.2, 0.25) is 0 Å². The first-order valence-corrected chi connectivity index (χ1v) is 8.24. The maximum absolute atomic E-state index is 12.0. The van der Waals surface area contributed by atoms with E-state index in [0.717, 1.165) is 18.6 Å². The number of nitrogens with one attached hydrogen (secondary N) is 1. The summed E-state index contributed by atoms with van der Waals surface area (Å²) in [5.74, 6) is 2.10. The molecule has 0 aromatic heterocycles. The second-order valence-corrected chi connectivity index (χ2v) is 6.50. The number of amides is 1. The van der Waals surface area contributed by atoms with Crippen LogP contribution in [0.1, 0.15) is 23.5 Å². The summed E-state index contributed by atoms with van der Waals surface area (Å²) in [5, 5.41) is 3.13. The van der Waals surface area contributed by atoms with Gasteiger partial charge in [-0.25, -0.2) is 0 Å². The van der Waals surface area contributed by atoms with Gasteiger partial charge in [0.05, 0.1) is 6.04 Å². The fourth-order valence-electron chi connectivity index (χ4n) is 3.20. The third-order valence-electron chi connectivity index (χ3n) is 4.32.